The Morgan fingerprint density at radius 2 is 1.65 bits per heavy atom. The number of aliphatic hydroxyl groups excluding tert-OH is 2. The lowest BCUT2D eigenvalue weighted by molar-refractivity contribution is 0.107. The summed E-state index contributed by atoms with van der Waals surface area (Å²) in [6, 6.07) is 24.3. The van der Waals surface area contributed by atoms with Crippen LogP contribution in [0.5, 0.6) is 5.75 Å². The molecule has 40 heavy (non-hydrogen) atoms. The van der Waals surface area contributed by atoms with Gasteiger partial charge in [-0.1, -0.05) is 68.4 Å². The standard InChI is InChI=1S/C32H42N2O5S/c1-23(2)21-34(40(37,38)29-15-13-28(39-3)14-16-29)22-27(35)18-25(17-24-9-5-4-6-10-24)20-33-31-19-26-11-7-8-12-30(26)32(31)36/h4-16,23,25,27,31-33,35-36H,17-22H2,1-3H3. The zero-order valence-electron chi connectivity index (χ0n) is 23.6. The van der Waals surface area contributed by atoms with Crippen LogP contribution in [0.3, 0.4) is 0 Å². The molecule has 216 valence electrons. The van der Waals surface area contributed by atoms with Gasteiger partial charge in [0.15, 0.2) is 0 Å². The van der Waals surface area contributed by atoms with Crippen LogP contribution in [0.25, 0.3) is 0 Å². The van der Waals surface area contributed by atoms with Gasteiger partial charge in [0.2, 0.25) is 10.0 Å². The molecule has 0 bridgehead atoms. The Kier molecular flexibility index (Phi) is 10.4. The molecule has 0 aromatic heterocycles. The van der Waals surface area contributed by atoms with Crippen molar-refractivity contribution in [2.45, 2.75) is 56.3 Å². The van der Waals surface area contributed by atoms with Crippen molar-refractivity contribution in [3.8, 4) is 5.75 Å². The van der Waals surface area contributed by atoms with Crippen LogP contribution in [-0.4, -0.2) is 61.8 Å². The van der Waals surface area contributed by atoms with E-state index in [-0.39, 0.29) is 29.3 Å². The average molecular weight is 567 g/mol. The number of aliphatic hydroxyl groups is 2. The van der Waals surface area contributed by atoms with Gasteiger partial charge in [0.25, 0.3) is 0 Å². The van der Waals surface area contributed by atoms with Crippen molar-refractivity contribution in [2.24, 2.45) is 11.8 Å². The van der Waals surface area contributed by atoms with Gasteiger partial charge in [0.1, 0.15) is 5.75 Å². The summed E-state index contributed by atoms with van der Waals surface area (Å²) in [5.41, 5.74) is 3.27. The van der Waals surface area contributed by atoms with E-state index in [4.69, 9.17) is 4.74 Å². The number of ether oxygens (including phenoxy) is 1. The maximum absolute atomic E-state index is 13.6. The first-order valence-corrected chi connectivity index (χ1v) is 15.5. The topological polar surface area (TPSA) is 99.1 Å². The number of nitrogens with zero attached hydrogens (tertiary/aromatic N) is 1. The Bertz CT molecular complexity index is 1310. The van der Waals surface area contributed by atoms with E-state index in [1.165, 1.54) is 11.4 Å². The summed E-state index contributed by atoms with van der Waals surface area (Å²) in [6.07, 6.45) is 0.475. The Balaban J connectivity index is 1.46. The fourth-order valence-electron chi connectivity index (χ4n) is 5.53. The molecule has 3 N–H and O–H groups in total. The summed E-state index contributed by atoms with van der Waals surface area (Å²) < 4.78 is 33.7. The lowest BCUT2D eigenvalue weighted by Crippen LogP contribution is -2.42. The maximum Gasteiger partial charge on any atom is 0.243 e. The molecule has 0 heterocycles. The van der Waals surface area contributed by atoms with Crippen molar-refractivity contribution < 1.29 is 23.4 Å². The molecule has 8 heteroatoms. The molecule has 0 amide bonds. The largest absolute Gasteiger partial charge is 0.497 e. The number of hydrogen-bond donors (Lipinski definition) is 3. The van der Waals surface area contributed by atoms with Crippen molar-refractivity contribution in [3.05, 3.63) is 95.6 Å². The maximum atomic E-state index is 13.6. The second-order valence-corrected chi connectivity index (χ2v) is 13.1. The zero-order valence-corrected chi connectivity index (χ0v) is 24.4. The van der Waals surface area contributed by atoms with Crippen molar-refractivity contribution in [1.29, 1.82) is 0 Å². The van der Waals surface area contributed by atoms with E-state index in [0.717, 1.165) is 29.5 Å². The van der Waals surface area contributed by atoms with Gasteiger partial charge in [-0.2, -0.15) is 4.31 Å². The third-order valence-corrected chi connectivity index (χ3v) is 9.36. The molecule has 0 radical (unpaired) electrons. The molecule has 0 spiro atoms. The molecule has 3 aromatic rings. The summed E-state index contributed by atoms with van der Waals surface area (Å²) in [4.78, 5) is 0.179. The highest BCUT2D eigenvalue weighted by Gasteiger charge is 2.32. The molecule has 0 aliphatic heterocycles. The predicted octanol–water partition coefficient (Wildman–Crippen LogP) is 4.20. The molecular weight excluding hydrogens is 524 g/mol. The van der Waals surface area contributed by atoms with Crippen LogP contribution in [0, 0.1) is 11.8 Å². The fraction of sp³-hybridized carbons (Fsp3) is 0.438. The minimum atomic E-state index is -3.81. The highest BCUT2D eigenvalue weighted by atomic mass is 32.2. The zero-order chi connectivity index (χ0) is 28.7. The van der Waals surface area contributed by atoms with E-state index in [1.807, 2.05) is 50.2 Å². The Labute approximate surface area is 238 Å². The smallest absolute Gasteiger partial charge is 0.243 e. The van der Waals surface area contributed by atoms with Gasteiger partial charge in [0.05, 0.1) is 24.2 Å². The van der Waals surface area contributed by atoms with Crippen molar-refractivity contribution in [1.82, 2.24) is 9.62 Å². The summed E-state index contributed by atoms with van der Waals surface area (Å²) >= 11 is 0. The van der Waals surface area contributed by atoms with Gasteiger partial charge < -0.3 is 20.3 Å². The third kappa shape index (κ3) is 7.71. The normalized spacial score (nSPS) is 18.6. The van der Waals surface area contributed by atoms with Crippen LogP contribution in [-0.2, 0) is 22.9 Å². The Hall–Kier alpha value is -2.75. The predicted molar refractivity (Wildman–Crippen MR) is 158 cm³/mol. The number of sulfonamides is 1. The van der Waals surface area contributed by atoms with Crippen LogP contribution in [0.15, 0.2) is 83.8 Å². The van der Waals surface area contributed by atoms with Gasteiger partial charge in [-0.25, -0.2) is 8.42 Å². The van der Waals surface area contributed by atoms with E-state index in [2.05, 4.69) is 23.5 Å². The molecule has 0 saturated carbocycles. The summed E-state index contributed by atoms with van der Waals surface area (Å²) in [5.74, 6) is 0.714. The molecule has 7 nitrogen and oxygen atoms in total. The number of nitrogens with one attached hydrogen (secondary N) is 1. The SMILES string of the molecule is COc1ccc(S(=O)(=O)N(CC(C)C)CC(O)CC(CNC2Cc3ccccc3C2O)Cc2ccccc2)cc1. The van der Waals surface area contributed by atoms with Crippen LogP contribution < -0.4 is 10.1 Å². The highest BCUT2D eigenvalue weighted by Crippen LogP contribution is 2.31. The van der Waals surface area contributed by atoms with Crippen molar-refractivity contribution >= 4 is 10.0 Å². The number of hydrogen-bond acceptors (Lipinski definition) is 6. The minimum Gasteiger partial charge on any atom is -0.497 e. The molecule has 1 aliphatic rings. The Morgan fingerprint density at radius 3 is 2.30 bits per heavy atom. The van der Waals surface area contributed by atoms with Crippen molar-refractivity contribution in [3.63, 3.8) is 0 Å². The monoisotopic (exact) mass is 566 g/mol. The van der Waals surface area contributed by atoms with E-state index in [1.54, 1.807) is 24.3 Å². The van der Waals surface area contributed by atoms with E-state index in [0.29, 0.717) is 25.3 Å². The van der Waals surface area contributed by atoms with Crippen molar-refractivity contribution in [2.75, 3.05) is 26.7 Å². The number of methoxy groups -OCH3 is 1. The Morgan fingerprint density at radius 1 is 0.975 bits per heavy atom. The molecule has 0 fully saturated rings. The summed E-state index contributed by atoms with van der Waals surface area (Å²) in [5, 5.41) is 25.7. The first-order chi connectivity index (χ1) is 19.2. The quantitative estimate of drug-likeness (QED) is 0.271. The lowest BCUT2D eigenvalue weighted by atomic mass is 9.93. The summed E-state index contributed by atoms with van der Waals surface area (Å²) in [7, 11) is -2.27. The molecule has 4 atom stereocenters. The molecule has 4 rings (SSSR count). The van der Waals surface area contributed by atoms with Gasteiger partial charge in [-0.3, -0.25) is 0 Å². The first-order valence-electron chi connectivity index (χ1n) is 14.0. The van der Waals surface area contributed by atoms with E-state index in [9.17, 15) is 18.6 Å². The van der Waals surface area contributed by atoms with E-state index >= 15 is 0 Å². The third-order valence-electron chi connectivity index (χ3n) is 7.52. The fourth-order valence-corrected chi connectivity index (χ4v) is 7.17. The van der Waals surface area contributed by atoms with Gasteiger partial charge >= 0.3 is 0 Å². The second kappa shape index (κ2) is 13.7. The highest BCUT2D eigenvalue weighted by molar-refractivity contribution is 7.89. The molecule has 4 unspecified atom stereocenters. The number of fused-ring (bicyclic) bond motifs is 1. The van der Waals surface area contributed by atoms with Gasteiger partial charge in [0, 0.05) is 19.1 Å². The van der Waals surface area contributed by atoms with Crippen LogP contribution in [0.2, 0.25) is 0 Å². The van der Waals surface area contributed by atoms with E-state index < -0.39 is 22.2 Å². The molecular formula is C32H42N2O5S. The van der Waals surface area contributed by atoms with Crippen LogP contribution in [0.1, 0.15) is 43.1 Å². The average Bonchev–Trinajstić information content (AvgIpc) is 3.27. The number of rotatable bonds is 14. The molecule has 0 saturated heterocycles. The first kappa shape index (κ1) is 30.2. The number of benzene rings is 3. The second-order valence-electron chi connectivity index (χ2n) is 11.2. The summed E-state index contributed by atoms with van der Waals surface area (Å²) in [6.45, 7) is 4.85. The van der Waals surface area contributed by atoms with Gasteiger partial charge in [-0.15, -0.1) is 0 Å². The molecule has 3 aromatic carbocycles. The van der Waals surface area contributed by atoms with Crippen LogP contribution in [0.4, 0.5) is 0 Å². The van der Waals surface area contributed by atoms with Crippen LogP contribution >= 0.6 is 0 Å². The lowest BCUT2D eigenvalue weighted by Gasteiger charge is -2.29. The molecule has 1 aliphatic carbocycles. The van der Waals surface area contributed by atoms with Gasteiger partial charge in [-0.05, 0) is 78.6 Å². The minimum absolute atomic E-state index is 0.00925.